The number of aromatic nitrogens is 4. The van der Waals surface area contributed by atoms with Gasteiger partial charge in [-0.2, -0.15) is 5.10 Å². The number of fused-ring (bicyclic) bond motifs is 1. The molecule has 2 amide bonds. The van der Waals surface area contributed by atoms with E-state index in [0.717, 1.165) is 63.5 Å². The van der Waals surface area contributed by atoms with Crippen molar-refractivity contribution in [2.24, 2.45) is 0 Å². The molecular formula is C35H43N7O2. The van der Waals surface area contributed by atoms with Crippen LogP contribution >= 0.6 is 0 Å². The zero-order valence-corrected chi connectivity index (χ0v) is 26.3. The Hall–Kier alpha value is -4.47. The van der Waals surface area contributed by atoms with Crippen LogP contribution in [-0.4, -0.2) is 73.5 Å². The summed E-state index contributed by atoms with van der Waals surface area (Å²) in [5, 5.41) is 18.3. The summed E-state index contributed by atoms with van der Waals surface area (Å²) in [7, 11) is 0. The first kappa shape index (κ1) is 31.0. The second-order valence-corrected chi connectivity index (χ2v) is 11.2. The Morgan fingerprint density at radius 2 is 1.66 bits per heavy atom. The van der Waals surface area contributed by atoms with E-state index in [4.69, 9.17) is 5.10 Å². The van der Waals surface area contributed by atoms with Gasteiger partial charge in [0.15, 0.2) is 0 Å². The molecule has 0 aliphatic carbocycles. The van der Waals surface area contributed by atoms with Crippen LogP contribution in [0.3, 0.4) is 0 Å². The van der Waals surface area contributed by atoms with Crippen molar-refractivity contribution in [3.63, 3.8) is 0 Å². The molecule has 0 radical (unpaired) electrons. The van der Waals surface area contributed by atoms with Crippen molar-refractivity contribution in [3.05, 3.63) is 78.6 Å². The van der Waals surface area contributed by atoms with E-state index in [9.17, 15) is 9.90 Å². The fourth-order valence-corrected chi connectivity index (χ4v) is 5.45. The summed E-state index contributed by atoms with van der Waals surface area (Å²) < 4.78 is 2.00. The van der Waals surface area contributed by atoms with Crippen molar-refractivity contribution >= 4 is 22.8 Å². The minimum absolute atomic E-state index is 0.103. The highest BCUT2D eigenvalue weighted by atomic mass is 16.3. The minimum Gasteiger partial charge on any atom is -0.395 e. The highest BCUT2D eigenvalue weighted by molar-refractivity contribution is 5.99. The Labute approximate surface area is 259 Å². The fraction of sp³-hybridized carbons (Fsp3) is 0.343. The van der Waals surface area contributed by atoms with E-state index in [1.165, 1.54) is 5.56 Å². The molecular weight excluding hydrogens is 550 g/mol. The Morgan fingerprint density at radius 3 is 2.30 bits per heavy atom. The van der Waals surface area contributed by atoms with E-state index < -0.39 is 0 Å². The summed E-state index contributed by atoms with van der Waals surface area (Å²) in [6, 6.07) is 20.7. The number of aliphatic hydroxyl groups is 1. The van der Waals surface area contributed by atoms with Crippen LogP contribution in [0, 0.1) is 0 Å². The molecule has 3 aromatic heterocycles. The van der Waals surface area contributed by atoms with Crippen LogP contribution in [0.2, 0.25) is 0 Å². The number of anilines is 1. The maximum absolute atomic E-state index is 12.6. The van der Waals surface area contributed by atoms with Crippen LogP contribution in [0.25, 0.3) is 44.7 Å². The molecule has 0 atom stereocenters. The molecule has 0 spiro atoms. The highest BCUT2D eigenvalue weighted by Gasteiger charge is 2.19. The molecule has 0 fully saturated rings. The molecule has 5 rings (SSSR count). The molecule has 230 valence electrons. The van der Waals surface area contributed by atoms with Gasteiger partial charge >= 0.3 is 6.03 Å². The minimum atomic E-state index is -0.103. The number of hydrogen-bond acceptors (Lipinski definition) is 5. The number of benzene rings is 2. The maximum atomic E-state index is 12.6. The number of nitrogens with one attached hydrogen (secondary N) is 2. The van der Waals surface area contributed by atoms with Crippen molar-refractivity contribution in [2.75, 3.05) is 38.1 Å². The number of carbonyl (C=O) groups excluding carboxylic acids is 1. The Bertz CT molecular complexity index is 1680. The number of urea groups is 1. The zero-order valence-electron chi connectivity index (χ0n) is 26.3. The fourth-order valence-electron chi connectivity index (χ4n) is 5.45. The third-order valence-corrected chi connectivity index (χ3v) is 8.08. The summed E-state index contributed by atoms with van der Waals surface area (Å²) in [6.07, 6.45) is 3.95. The lowest BCUT2D eigenvalue weighted by atomic mass is 9.99. The van der Waals surface area contributed by atoms with Gasteiger partial charge in [-0.3, -0.25) is 9.58 Å². The van der Waals surface area contributed by atoms with Crippen LogP contribution in [-0.2, 0) is 6.54 Å². The van der Waals surface area contributed by atoms with Gasteiger partial charge in [0.2, 0.25) is 0 Å². The summed E-state index contributed by atoms with van der Waals surface area (Å²) >= 11 is 0. The van der Waals surface area contributed by atoms with Gasteiger partial charge in [-0.05, 0) is 75.2 Å². The second-order valence-electron chi connectivity index (χ2n) is 11.2. The Balaban J connectivity index is 1.47. The number of aromatic amines is 1. The number of pyridine rings is 1. The third-order valence-electron chi connectivity index (χ3n) is 8.08. The zero-order chi connectivity index (χ0) is 31.2. The SMILES string of the molecule is CCN(CCO)Cc1ccc(-c2cc3c(-c4cn(C(C)C)nc4-c4ccc(NC(=O)N(CC)CC)cc4)ccnc3[nH]2)cc1. The normalized spacial score (nSPS) is 11.5. The number of amides is 2. The molecule has 5 aromatic rings. The van der Waals surface area contributed by atoms with Gasteiger partial charge in [-0.25, -0.2) is 9.78 Å². The number of rotatable bonds is 12. The number of H-pyrrole nitrogens is 1. The highest BCUT2D eigenvalue weighted by Crippen LogP contribution is 2.37. The van der Waals surface area contributed by atoms with Gasteiger partial charge in [-0.15, -0.1) is 0 Å². The van der Waals surface area contributed by atoms with E-state index in [2.05, 4.69) is 77.5 Å². The van der Waals surface area contributed by atoms with Crippen LogP contribution in [0.4, 0.5) is 10.5 Å². The first-order chi connectivity index (χ1) is 21.3. The lowest BCUT2D eigenvalue weighted by molar-refractivity contribution is 0.197. The molecule has 0 aliphatic rings. The van der Waals surface area contributed by atoms with Gasteiger partial charge in [-0.1, -0.05) is 43.3 Å². The molecule has 2 aromatic carbocycles. The molecule has 9 heteroatoms. The van der Waals surface area contributed by atoms with Gasteiger partial charge in [0.25, 0.3) is 0 Å². The number of hydrogen-bond donors (Lipinski definition) is 3. The molecule has 9 nitrogen and oxygen atoms in total. The van der Waals surface area contributed by atoms with Crippen molar-refractivity contribution in [2.45, 2.75) is 47.2 Å². The Kier molecular flexibility index (Phi) is 9.77. The third kappa shape index (κ3) is 6.69. The molecule has 0 saturated heterocycles. The number of likely N-dealkylation sites (N-methyl/N-ethyl adjacent to an activating group) is 1. The maximum Gasteiger partial charge on any atom is 0.321 e. The molecule has 0 unspecified atom stereocenters. The topological polar surface area (TPSA) is 102 Å². The van der Waals surface area contributed by atoms with Crippen LogP contribution in [0.15, 0.2) is 73.1 Å². The first-order valence-corrected chi connectivity index (χ1v) is 15.5. The smallest absolute Gasteiger partial charge is 0.321 e. The van der Waals surface area contributed by atoms with Crippen LogP contribution < -0.4 is 5.32 Å². The average molecular weight is 594 g/mol. The van der Waals surface area contributed by atoms with Crippen molar-refractivity contribution < 1.29 is 9.90 Å². The molecule has 3 heterocycles. The molecule has 0 saturated carbocycles. The average Bonchev–Trinajstić information content (AvgIpc) is 3.68. The van der Waals surface area contributed by atoms with Crippen LogP contribution in [0.5, 0.6) is 0 Å². The predicted molar refractivity (Wildman–Crippen MR) is 179 cm³/mol. The van der Waals surface area contributed by atoms with Gasteiger partial charge < -0.3 is 20.3 Å². The molecule has 0 aliphatic heterocycles. The molecule has 3 N–H and O–H groups in total. The van der Waals surface area contributed by atoms with Crippen molar-refractivity contribution in [1.82, 2.24) is 29.5 Å². The lowest BCUT2D eigenvalue weighted by Crippen LogP contribution is -2.34. The summed E-state index contributed by atoms with van der Waals surface area (Å²) in [5.41, 5.74) is 8.79. The van der Waals surface area contributed by atoms with Crippen LogP contribution in [0.1, 0.15) is 46.2 Å². The monoisotopic (exact) mass is 593 g/mol. The van der Waals surface area contributed by atoms with Gasteiger partial charge in [0.05, 0.1) is 6.61 Å². The number of aliphatic hydroxyl groups excluding tert-OH is 1. The van der Waals surface area contributed by atoms with E-state index >= 15 is 0 Å². The quantitative estimate of drug-likeness (QED) is 0.144. The first-order valence-electron chi connectivity index (χ1n) is 15.5. The van der Waals surface area contributed by atoms with E-state index in [1.54, 1.807) is 4.90 Å². The summed E-state index contributed by atoms with van der Waals surface area (Å²) in [5.74, 6) is 0. The van der Waals surface area contributed by atoms with E-state index in [-0.39, 0.29) is 18.7 Å². The van der Waals surface area contributed by atoms with Crippen molar-refractivity contribution in [3.8, 4) is 33.6 Å². The largest absolute Gasteiger partial charge is 0.395 e. The van der Waals surface area contributed by atoms with E-state index in [1.807, 2.05) is 55.1 Å². The standard InChI is InChI=1S/C35H43N7O2/c1-6-40(19-20-43)22-25-9-11-26(12-10-25)32-21-30-29(17-18-36-34(30)38-32)31-23-42(24(4)5)39-33(31)27-13-15-28(16-14-27)37-35(44)41(7-2)8-3/h9-18,21,23-24,43H,6-8,19-20,22H2,1-5H3,(H,36,38)(H,37,44). The second kappa shape index (κ2) is 13.9. The molecule has 0 bridgehead atoms. The number of nitrogens with zero attached hydrogens (tertiary/aromatic N) is 5. The van der Waals surface area contributed by atoms with E-state index in [0.29, 0.717) is 19.6 Å². The summed E-state index contributed by atoms with van der Waals surface area (Å²) in [6.45, 7) is 14.1. The Morgan fingerprint density at radius 1 is 0.955 bits per heavy atom. The number of carbonyl (C=O) groups is 1. The van der Waals surface area contributed by atoms with Gasteiger partial charge in [0.1, 0.15) is 11.3 Å². The van der Waals surface area contributed by atoms with Gasteiger partial charge in [0, 0.05) is 72.5 Å². The predicted octanol–water partition coefficient (Wildman–Crippen LogP) is 7.03. The summed E-state index contributed by atoms with van der Waals surface area (Å²) in [4.78, 5) is 24.7. The van der Waals surface area contributed by atoms with Crippen molar-refractivity contribution in [1.29, 1.82) is 0 Å². The lowest BCUT2D eigenvalue weighted by Gasteiger charge is -2.19. The molecule has 44 heavy (non-hydrogen) atoms.